The number of H-pyrrole nitrogens is 1. The summed E-state index contributed by atoms with van der Waals surface area (Å²) in [6, 6.07) is 14.6. The molecule has 0 saturated carbocycles. The number of aromatic nitrogens is 4. The van der Waals surface area contributed by atoms with E-state index in [4.69, 9.17) is 28.5 Å². The Hall–Kier alpha value is -3.40. The first-order chi connectivity index (χ1) is 14.5. The minimum atomic E-state index is -0.382. The number of pyridine rings is 2. The molecule has 0 aliphatic heterocycles. The number of benzene rings is 1. The maximum absolute atomic E-state index is 12.3. The summed E-state index contributed by atoms with van der Waals surface area (Å²) in [5.41, 5.74) is 2.22. The minimum Gasteiger partial charge on any atom is -0.348 e. The van der Waals surface area contributed by atoms with Crippen LogP contribution in [-0.2, 0) is 6.42 Å². The van der Waals surface area contributed by atoms with E-state index in [0.717, 1.165) is 17.0 Å². The van der Waals surface area contributed by atoms with Crippen LogP contribution in [0.1, 0.15) is 28.4 Å². The van der Waals surface area contributed by atoms with Crippen LogP contribution in [0.4, 0.5) is 0 Å². The lowest BCUT2D eigenvalue weighted by atomic mass is 9.91. The molecule has 1 N–H and O–H groups in total. The Kier molecular flexibility index (Phi) is 5.66. The quantitative estimate of drug-likeness (QED) is 0.499. The predicted octanol–water partition coefficient (Wildman–Crippen LogP) is 4.51. The molecule has 3 heterocycles. The fourth-order valence-corrected chi connectivity index (χ4v) is 3.70. The first kappa shape index (κ1) is 19.9. The van der Waals surface area contributed by atoms with Crippen LogP contribution >= 0.6 is 23.2 Å². The van der Waals surface area contributed by atoms with Crippen molar-refractivity contribution in [3.63, 3.8) is 0 Å². The molecule has 148 valence electrons. The second-order valence-corrected chi connectivity index (χ2v) is 7.51. The molecule has 3 aromatic heterocycles. The van der Waals surface area contributed by atoms with Crippen LogP contribution in [0.3, 0.4) is 0 Å². The fraction of sp³-hybridized carbons (Fsp3) is 0.0909. The van der Waals surface area contributed by atoms with Gasteiger partial charge in [0.2, 0.25) is 0 Å². The third-order valence-electron chi connectivity index (χ3n) is 4.73. The number of imidazole rings is 1. The van der Waals surface area contributed by atoms with Crippen molar-refractivity contribution < 1.29 is 0 Å². The Balaban J connectivity index is 1.64. The van der Waals surface area contributed by atoms with Crippen molar-refractivity contribution in [2.75, 3.05) is 0 Å². The van der Waals surface area contributed by atoms with Crippen LogP contribution in [0, 0.1) is 11.3 Å². The van der Waals surface area contributed by atoms with Crippen molar-refractivity contribution in [3.05, 3.63) is 110 Å². The average molecular weight is 436 g/mol. The molecule has 0 amide bonds. The maximum atomic E-state index is 12.3. The monoisotopic (exact) mass is 435 g/mol. The number of nitriles is 1. The van der Waals surface area contributed by atoms with E-state index in [9.17, 15) is 4.79 Å². The molecule has 4 rings (SSSR count). The van der Waals surface area contributed by atoms with Gasteiger partial charge < -0.3 is 4.98 Å². The summed E-state index contributed by atoms with van der Waals surface area (Å²) < 4.78 is 1.32. The molecule has 0 aliphatic rings. The fourth-order valence-electron chi connectivity index (χ4n) is 3.23. The van der Waals surface area contributed by atoms with Gasteiger partial charge in [0, 0.05) is 30.7 Å². The van der Waals surface area contributed by atoms with Crippen molar-refractivity contribution in [1.29, 1.82) is 5.26 Å². The number of nitrogens with one attached hydrogen (secondary N) is 1. The van der Waals surface area contributed by atoms with Gasteiger partial charge in [0.15, 0.2) is 0 Å². The summed E-state index contributed by atoms with van der Waals surface area (Å²) >= 11 is 12.0. The topological polar surface area (TPSA) is 87.4 Å². The van der Waals surface area contributed by atoms with Crippen LogP contribution < -0.4 is 5.56 Å². The first-order valence-electron chi connectivity index (χ1n) is 9.07. The maximum Gasteiger partial charge on any atom is 0.275 e. The first-order valence-corrected chi connectivity index (χ1v) is 9.83. The highest BCUT2D eigenvalue weighted by molar-refractivity contribution is 6.34. The van der Waals surface area contributed by atoms with Crippen molar-refractivity contribution in [2.24, 2.45) is 0 Å². The van der Waals surface area contributed by atoms with Crippen molar-refractivity contribution >= 4 is 23.2 Å². The van der Waals surface area contributed by atoms with Gasteiger partial charge in [0.25, 0.3) is 5.56 Å². The van der Waals surface area contributed by atoms with Crippen LogP contribution in [0.25, 0.3) is 5.82 Å². The molecule has 0 fully saturated rings. The Labute approximate surface area is 182 Å². The standard InChI is InChI=1S/C22H15Cl2N5O/c23-17-10-19(24)22(30)29(13-17)20-6-3-15(12-28-20)9-18(21-26-7-8-27-21)16-4-1-14(11-25)2-5-16/h1-8,10,12-13,18H,9H2,(H,26,27). The number of halogens is 2. The molecule has 8 heteroatoms. The van der Waals surface area contributed by atoms with Gasteiger partial charge in [-0.1, -0.05) is 41.4 Å². The average Bonchev–Trinajstić information content (AvgIpc) is 3.30. The lowest BCUT2D eigenvalue weighted by molar-refractivity contribution is 0.748. The van der Waals surface area contributed by atoms with Gasteiger partial charge in [-0.25, -0.2) is 9.97 Å². The predicted molar refractivity (Wildman–Crippen MR) is 115 cm³/mol. The molecular formula is C22H15Cl2N5O. The molecular weight excluding hydrogens is 421 g/mol. The summed E-state index contributed by atoms with van der Waals surface area (Å²) in [4.78, 5) is 24.3. The summed E-state index contributed by atoms with van der Waals surface area (Å²) in [6.07, 6.45) is 7.33. The molecule has 0 aliphatic carbocycles. The Morgan fingerprint density at radius 1 is 1.13 bits per heavy atom. The van der Waals surface area contributed by atoms with E-state index in [-0.39, 0.29) is 16.5 Å². The number of nitrogens with zero attached hydrogens (tertiary/aromatic N) is 4. The van der Waals surface area contributed by atoms with Crippen molar-refractivity contribution in [2.45, 2.75) is 12.3 Å². The zero-order valence-electron chi connectivity index (χ0n) is 15.6. The molecule has 0 saturated heterocycles. The highest BCUT2D eigenvalue weighted by Gasteiger charge is 2.18. The SMILES string of the molecule is N#Cc1ccc(C(Cc2ccc(-n3cc(Cl)cc(Cl)c3=O)nc2)c2ncc[nH]2)cc1. The van der Waals surface area contributed by atoms with Gasteiger partial charge in [-0.2, -0.15) is 5.26 Å². The molecule has 1 aromatic carbocycles. The highest BCUT2D eigenvalue weighted by Crippen LogP contribution is 2.26. The van der Waals surface area contributed by atoms with E-state index in [1.54, 1.807) is 36.8 Å². The molecule has 1 unspecified atom stereocenters. The second kappa shape index (κ2) is 8.54. The summed E-state index contributed by atoms with van der Waals surface area (Å²) in [6.45, 7) is 0. The highest BCUT2D eigenvalue weighted by atomic mass is 35.5. The molecule has 4 aromatic rings. The summed E-state index contributed by atoms with van der Waals surface area (Å²) in [5, 5.41) is 9.43. The third-order valence-corrected chi connectivity index (χ3v) is 5.20. The van der Waals surface area contributed by atoms with Gasteiger partial charge in [-0.15, -0.1) is 0 Å². The zero-order valence-corrected chi connectivity index (χ0v) is 17.1. The number of aromatic amines is 1. The largest absolute Gasteiger partial charge is 0.348 e. The Morgan fingerprint density at radius 3 is 2.57 bits per heavy atom. The Morgan fingerprint density at radius 2 is 1.93 bits per heavy atom. The van der Waals surface area contributed by atoms with Crippen LogP contribution in [0.5, 0.6) is 0 Å². The number of hydrogen-bond acceptors (Lipinski definition) is 4. The van der Waals surface area contributed by atoms with Crippen molar-refractivity contribution in [3.8, 4) is 11.9 Å². The molecule has 0 radical (unpaired) electrons. The summed E-state index contributed by atoms with van der Waals surface area (Å²) in [7, 11) is 0. The third kappa shape index (κ3) is 4.13. The van der Waals surface area contributed by atoms with E-state index in [1.807, 2.05) is 18.2 Å². The second-order valence-electron chi connectivity index (χ2n) is 6.67. The zero-order chi connectivity index (χ0) is 21.1. The van der Waals surface area contributed by atoms with Gasteiger partial charge >= 0.3 is 0 Å². The molecule has 0 bridgehead atoms. The number of rotatable bonds is 5. The molecule has 1 atom stereocenters. The smallest absolute Gasteiger partial charge is 0.275 e. The minimum absolute atomic E-state index is 0.0343. The molecule has 30 heavy (non-hydrogen) atoms. The van der Waals surface area contributed by atoms with Crippen LogP contribution in [-0.4, -0.2) is 19.5 Å². The number of hydrogen-bond donors (Lipinski definition) is 1. The molecule has 0 spiro atoms. The van der Waals surface area contributed by atoms with E-state index < -0.39 is 0 Å². The normalized spacial score (nSPS) is 11.8. The lowest BCUT2D eigenvalue weighted by Gasteiger charge is -2.16. The van der Waals surface area contributed by atoms with Crippen LogP contribution in [0.15, 0.2) is 72.0 Å². The van der Waals surface area contributed by atoms with E-state index in [1.165, 1.54) is 16.8 Å². The van der Waals surface area contributed by atoms with Gasteiger partial charge in [-0.3, -0.25) is 9.36 Å². The Bertz CT molecular complexity index is 1260. The van der Waals surface area contributed by atoms with Gasteiger partial charge in [0.1, 0.15) is 16.7 Å². The van der Waals surface area contributed by atoms with E-state index in [0.29, 0.717) is 22.8 Å². The van der Waals surface area contributed by atoms with Gasteiger partial charge in [0.05, 0.1) is 16.7 Å². The van der Waals surface area contributed by atoms with E-state index >= 15 is 0 Å². The van der Waals surface area contributed by atoms with E-state index in [2.05, 4.69) is 21.0 Å². The lowest BCUT2D eigenvalue weighted by Crippen LogP contribution is -2.19. The van der Waals surface area contributed by atoms with Gasteiger partial charge in [-0.05, 0) is 41.8 Å². The van der Waals surface area contributed by atoms with Crippen molar-refractivity contribution in [1.82, 2.24) is 19.5 Å². The van der Waals surface area contributed by atoms with Crippen LogP contribution in [0.2, 0.25) is 10.0 Å². The molecule has 6 nitrogen and oxygen atoms in total. The summed E-state index contributed by atoms with van der Waals surface area (Å²) in [5.74, 6) is 1.21.